The van der Waals surface area contributed by atoms with Gasteiger partial charge in [0.25, 0.3) is 5.79 Å². The van der Waals surface area contributed by atoms with Crippen molar-refractivity contribution in [3.8, 4) is 11.5 Å². The summed E-state index contributed by atoms with van der Waals surface area (Å²) in [6, 6.07) is 18.9. The summed E-state index contributed by atoms with van der Waals surface area (Å²) < 4.78 is 18.2. The number of para-hydroxylation sites is 2. The Kier molecular flexibility index (Phi) is 17.4. The molecule has 6 heteroatoms. The van der Waals surface area contributed by atoms with Crippen LogP contribution in [0.4, 0.5) is 0 Å². The molecule has 0 heterocycles. The number of hydrogen-bond acceptors (Lipinski definition) is 5. The Balaban J connectivity index is 1.74. The zero-order chi connectivity index (χ0) is 27.3. The molecule has 0 bridgehead atoms. The minimum atomic E-state index is -2.56. The highest BCUT2D eigenvalue weighted by atomic mass is 31.2. The molecule has 2 aromatic rings. The Morgan fingerprint density at radius 2 is 0.974 bits per heavy atom. The van der Waals surface area contributed by atoms with E-state index in [9.17, 15) is 9.79 Å². The molecule has 214 valence electrons. The quantitative estimate of drug-likeness (QED) is 0.0825. The van der Waals surface area contributed by atoms with Gasteiger partial charge in [-0.2, -0.15) is 0 Å². The minimum Gasteiger partial charge on any atom is -0.450 e. The van der Waals surface area contributed by atoms with Crippen LogP contribution >= 0.6 is 8.60 Å². The summed E-state index contributed by atoms with van der Waals surface area (Å²) in [5.41, 5.74) is 0. The van der Waals surface area contributed by atoms with Crippen LogP contribution in [-0.2, 0) is 4.52 Å². The van der Waals surface area contributed by atoms with Crippen LogP contribution < -0.4 is 9.47 Å². The Morgan fingerprint density at radius 1 is 0.605 bits per heavy atom. The van der Waals surface area contributed by atoms with Crippen LogP contribution in [0.1, 0.15) is 117 Å². The predicted molar refractivity (Wildman–Crippen MR) is 158 cm³/mol. The number of unbranched alkanes of at least 4 members (excludes halogenated alkanes) is 14. The lowest BCUT2D eigenvalue weighted by Crippen LogP contribution is -2.51. The Bertz CT molecular complexity index is 761. The Morgan fingerprint density at radius 3 is 1.34 bits per heavy atom. The molecule has 1 atom stereocenters. The highest BCUT2D eigenvalue weighted by molar-refractivity contribution is 7.39. The molecule has 0 aliphatic rings. The van der Waals surface area contributed by atoms with Crippen LogP contribution in [0.25, 0.3) is 0 Å². The molecule has 0 saturated heterocycles. The minimum absolute atomic E-state index is 0.606. The number of benzene rings is 2. The van der Waals surface area contributed by atoms with Gasteiger partial charge >= 0.3 is 8.60 Å². The average molecular weight is 547 g/mol. The summed E-state index contributed by atoms with van der Waals surface area (Å²) in [4.78, 5) is 19.5. The molecule has 0 aliphatic heterocycles. The van der Waals surface area contributed by atoms with Crippen LogP contribution in [0.5, 0.6) is 11.5 Å². The SMILES string of the molecule is CCCCCCCCCCCCCCCCCC(OP(O)O)C(C)(Oc1ccccc1)Oc1ccccc1. The van der Waals surface area contributed by atoms with E-state index in [4.69, 9.17) is 14.0 Å². The second-order valence-electron chi connectivity index (χ2n) is 10.4. The van der Waals surface area contributed by atoms with Gasteiger partial charge in [-0.05, 0) is 30.7 Å². The first-order valence-corrected chi connectivity index (χ1v) is 16.0. The van der Waals surface area contributed by atoms with Crippen molar-refractivity contribution in [2.24, 2.45) is 0 Å². The van der Waals surface area contributed by atoms with Crippen LogP contribution in [0.15, 0.2) is 60.7 Å². The third kappa shape index (κ3) is 14.5. The maximum absolute atomic E-state index is 9.73. The summed E-state index contributed by atoms with van der Waals surface area (Å²) in [5.74, 6) is 0.0394. The molecule has 1 unspecified atom stereocenters. The molecule has 2 N–H and O–H groups in total. The maximum Gasteiger partial charge on any atom is 0.327 e. The fraction of sp³-hybridized carbons (Fsp3) is 0.625. The first kappa shape index (κ1) is 32.6. The van der Waals surface area contributed by atoms with E-state index < -0.39 is 20.5 Å². The van der Waals surface area contributed by atoms with Crippen LogP contribution in [0, 0.1) is 0 Å². The second-order valence-corrected chi connectivity index (χ2v) is 11.1. The molecule has 0 aromatic heterocycles. The molecule has 2 rings (SSSR count). The first-order chi connectivity index (χ1) is 18.5. The maximum atomic E-state index is 9.73. The Hall–Kier alpha value is -1.65. The van der Waals surface area contributed by atoms with E-state index in [0.29, 0.717) is 17.9 Å². The zero-order valence-corrected chi connectivity index (χ0v) is 24.6. The van der Waals surface area contributed by atoms with Gasteiger partial charge < -0.3 is 23.8 Å². The van der Waals surface area contributed by atoms with Crippen LogP contribution in [0.3, 0.4) is 0 Å². The van der Waals surface area contributed by atoms with Gasteiger partial charge in [-0.25, -0.2) is 0 Å². The van der Waals surface area contributed by atoms with E-state index in [2.05, 4.69) is 6.92 Å². The van der Waals surface area contributed by atoms with Crippen molar-refractivity contribution in [3.05, 3.63) is 60.7 Å². The van der Waals surface area contributed by atoms with Gasteiger partial charge in [0.2, 0.25) is 0 Å². The molecule has 0 saturated carbocycles. The highest BCUT2D eigenvalue weighted by Gasteiger charge is 2.41. The third-order valence-electron chi connectivity index (χ3n) is 7.00. The van der Waals surface area contributed by atoms with Crippen molar-refractivity contribution >= 4 is 8.60 Å². The average Bonchev–Trinajstić information content (AvgIpc) is 2.91. The molecule has 0 radical (unpaired) electrons. The van der Waals surface area contributed by atoms with Gasteiger partial charge in [0, 0.05) is 6.92 Å². The summed E-state index contributed by atoms with van der Waals surface area (Å²) in [5, 5.41) is 0. The largest absolute Gasteiger partial charge is 0.450 e. The topological polar surface area (TPSA) is 68.2 Å². The summed E-state index contributed by atoms with van der Waals surface area (Å²) in [7, 11) is -2.56. The van der Waals surface area contributed by atoms with Crippen molar-refractivity contribution in [2.75, 3.05) is 0 Å². The third-order valence-corrected chi connectivity index (χ3v) is 7.45. The normalized spacial score (nSPS) is 12.6. The molecular formula is C32H51O5P. The Labute approximate surface area is 232 Å². The van der Waals surface area contributed by atoms with Crippen molar-refractivity contribution in [1.29, 1.82) is 0 Å². The predicted octanol–water partition coefficient (Wildman–Crippen LogP) is 9.72. The zero-order valence-electron chi connectivity index (χ0n) is 23.7. The van der Waals surface area contributed by atoms with Crippen molar-refractivity contribution in [1.82, 2.24) is 0 Å². The van der Waals surface area contributed by atoms with E-state index in [1.165, 1.54) is 83.5 Å². The first-order valence-electron chi connectivity index (χ1n) is 14.9. The summed E-state index contributed by atoms with van der Waals surface area (Å²) in [6.45, 7) is 4.08. The lowest BCUT2D eigenvalue weighted by Gasteiger charge is -2.37. The van der Waals surface area contributed by atoms with Crippen molar-refractivity contribution in [2.45, 2.75) is 128 Å². The monoisotopic (exact) mass is 546 g/mol. The second kappa shape index (κ2) is 20.3. The lowest BCUT2D eigenvalue weighted by atomic mass is 10.0. The summed E-state index contributed by atoms with van der Waals surface area (Å²) >= 11 is 0. The molecule has 2 aromatic carbocycles. The smallest absolute Gasteiger partial charge is 0.327 e. The molecule has 0 aliphatic carbocycles. The van der Waals surface area contributed by atoms with Crippen LogP contribution in [-0.4, -0.2) is 21.7 Å². The van der Waals surface area contributed by atoms with E-state index in [0.717, 1.165) is 12.8 Å². The van der Waals surface area contributed by atoms with Crippen LogP contribution in [0.2, 0.25) is 0 Å². The van der Waals surface area contributed by atoms with Gasteiger partial charge in [-0.3, -0.25) is 0 Å². The lowest BCUT2D eigenvalue weighted by molar-refractivity contribution is -0.168. The van der Waals surface area contributed by atoms with Gasteiger partial charge in [-0.15, -0.1) is 0 Å². The number of ether oxygens (including phenoxy) is 2. The number of rotatable bonds is 23. The fourth-order valence-electron chi connectivity index (χ4n) is 4.82. The highest BCUT2D eigenvalue weighted by Crippen LogP contribution is 2.37. The van der Waals surface area contributed by atoms with Gasteiger partial charge in [0.05, 0.1) is 0 Å². The molecule has 0 amide bonds. The van der Waals surface area contributed by atoms with Crippen molar-refractivity contribution in [3.63, 3.8) is 0 Å². The standard InChI is InChI=1S/C32H51O5P/c1-3-4-5-6-7-8-9-10-11-12-13-14-15-16-23-28-31(37-38(33)34)32(2,35-29-24-19-17-20-25-29)36-30-26-21-18-22-27-30/h17-22,24-27,31,33-34H,3-16,23,28H2,1-2H3. The van der Waals surface area contributed by atoms with Gasteiger partial charge in [-0.1, -0.05) is 140 Å². The molecule has 5 nitrogen and oxygen atoms in total. The fourth-order valence-corrected chi connectivity index (χ4v) is 5.35. The summed E-state index contributed by atoms with van der Waals surface area (Å²) in [6.07, 6.45) is 19.4. The van der Waals surface area contributed by atoms with E-state index in [-0.39, 0.29) is 0 Å². The molecule has 0 spiro atoms. The molecule has 0 fully saturated rings. The molecule has 38 heavy (non-hydrogen) atoms. The van der Waals surface area contributed by atoms with E-state index in [1.807, 2.05) is 67.6 Å². The van der Waals surface area contributed by atoms with Gasteiger partial charge in [0.15, 0.2) is 0 Å². The van der Waals surface area contributed by atoms with Gasteiger partial charge in [0.1, 0.15) is 17.6 Å². The van der Waals surface area contributed by atoms with E-state index in [1.54, 1.807) is 0 Å². The van der Waals surface area contributed by atoms with Crippen molar-refractivity contribution < 1.29 is 23.8 Å². The number of hydrogen-bond donors (Lipinski definition) is 2. The molecular weight excluding hydrogens is 495 g/mol. The van der Waals surface area contributed by atoms with E-state index >= 15 is 0 Å².